The van der Waals surface area contributed by atoms with Gasteiger partial charge in [-0.2, -0.15) is 9.30 Å². The van der Waals surface area contributed by atoms with Crippen LogP contribution in [-0.4, -0.2) is 35.8 Å². The van der Waals surface area contributed by atoms with Gasteiger partial charge in [-0.25, -0.2) is 8.42 Å². The molecule has 0 N–H and O–H groups in total. The summed E-state index contributed by atoms with van der Waals surface area (Å²) >= 11 is 2.59. The third-order valence-electron chi connectivity index (χ3n) is 4.47. The van der Waals surface area contributed by atoms with Gasteiger partial charge in [0.25, 0.3) is 15.9 Å². The van der Waals surface area contributed by atoms with Crippen LogP contribution in [0.2, 0.25) is 0 Å². The van der Waals surface area contributed by atoms with E-state index in [2.05, 4.69) is 4.99 Å². The van der Waals surface area contributed by atoms with Gasteiger partial charge in [0.1, 0.15) is 10.3 Å². The number of rotatable bonds is 3. The number of hydrogen-bond donors (Lipinski definition) is 0. The predicted molar refractivity (Wildman–Crippen MR) is 103 cm³/mol. The van der Waals surface area contributed by atoms with Crippen LogP contribution in [0.15, 0.2) is 51.0 Å². The topological polar surface area (TPSA) is 71.7 Å². The number of sulfonamides is 1. The van der Waals surface area contributed by atoms with Crippen molar-refractivity contribution in [3.8, 4) is 0 Å². The van der Waals surface area contributed by atoms with E-state index < -0.39 is 22.0 Å². The molecule has 1 fully saturated rings. The molecule has 6 nitrogen and oxygen atoms in total. The van der Waals surface area contributed by atoms with Crippen molar-refractivity contribution in [3.05, 3.63) is 46.6 Å². The lowest BCUT2D eigenvalue weighted by Crippen LogP contribution is -2.40. The van der Waals surface area contributed by atoms with Crippen molar-refractivity contribution < 1.29 is 13.2 Å². The first-order chi connectivity index (χ1) is 12.5. The van der Waals surface area contributed by atoms with Crippen LogP contribution in [0.25, 0.3) is 10.2 Å². The van der Waals surface area contributed by atoms with Gasteiger partial charge < -0.3 is 4.57 Å². The molecule has 2 aromatic heterocycles. The predicted octanol–water partition coefficient (Wildman–Crippen LogP) is 2.58. The number of hydrogen-bond acceptors (Lipinski definition) is 5. The van der Waals surface area contributed by atoms with Gasteiger partial charge >= 0.3 is 0 Å². The first-order valence-electron chi connectivity index (χ1n) is 8.17. The summed E-state index contributed by atoms with van der Waals surface area (Å²) in [5.74, 6) is -0.398. The Bertz CT molecular complexity index is 1130. The van der Waals surface area contributed by atoms with Crippen LogP contribution in [0.4, 0.5) is 0 Å². The fourth-order valence-corrected chi connectivity index (χ4v) is 6.95. The monoisotopic (exact) mass is 407 g/mol. The first kappa shape index (κ1) is 17.6. The fraction of sp³-hybridized carbons (Fsp3) is 0.294. The van der Waals surface area contributed by atoms with E-state index in [9.17, 15) is 13.2 Å². The van der Waals surface area contributed by atoms with E-state index in [4.69, 9.17) is 0 Å². The molecular weight excluding hydrogens is 390 g/mol. The van der Waals surface area contributed by atoms with Gasteiger partial charge in [0.05, 0.1) is 10.2 Å². The number of nitrogens with zero attached hydrogens (tertiary/aromatic N) is 3. The summed E-state index contributed by atoms with van der Waals surface area (Å²) in [7, 11) is -1.79. The zero-order valence-electron chi connectivity index (χ0n) is 14.0. The average molecular weight is 408 g/mol. The lowest BCUT2D eigenvalue weighted by molar-refractivity contribution is -0.121. The number of benzene rings is 1. The second kappa shape index (κ2) is 6.73. The van der Waals surface area contributed by atoms with Crippen LogP contribution < -0.4 is 4.80 Å². The molecule has 1 unspecified atom stereocenters. The number of amides is 1. The Labute approximate surface area is 159 Å². The Balaban J connectivity index is 1.70. The molecule has 1 saturated heterocycles. The van der Waals surface area contributed by atoms with Crippen LogP contribution in [0.1, 0.15) is 12.8 Å². The standard InChI is InChI=1S/C17H17N3O3S3/c1-19-12-6-2-3-8-14(12)25-17(19)18-16(21)13-7-4-10-20(13)26(22,23)15-9-5-11-24-15/h2-3,5-6,8-9,11,13H,4,7,10H2,1H3. The summed E-state index contributed by atoms with van der Waals surface area (Å²) in [5.41, 5.74) is 0.999. The zero-order valence-corrected chi connectivity index (χ0v) is 16.5. The molecule has 3 aromatic rings. The first-order valence-corrected chi connectivity index (χ1v) is 11.3. The molecule has 1 aromatic carbocycles. The molecule has 1 aliphatic rings. The van der Waals surface area contributed by atoms with Gasteiger partial charge in [0.2, 0.25) is 0 Å². The number of fused-ring (bicyclic) bond motifs is 1. The molecule has 0 bridgehead atoms. The lowest BCUT2D eigenvalue weighted by Gasteiger charge is -2.20. The number of thiazole rings is 1. The van der Waals surface area contributed by atoms with Crippen LogP contribution in [0.5, 0.6) is 0 Å². The lowest BCUT2D eigenvalue weighted by atomic mass is 10.2. The fourth-order valence-electron chi connectivity index (χ4n) is 3.16. The number of carbonyl (C=O) groups is 1. The Morgan fingerprint density at radius 1 is 1.23 bits per heavy atom. The number of carbonyl (C=O) groups excluding carboxylic acids is 1. The van der Waals surface area contributed by atoms with Gasteiger partial charge in [-0.1, -0.05) is 29.5 Å². The average Bonchev–Trinajstić information content (AvgIpc) is 3.36. The Hall–Kier alpha value is -1.81. The Morgan fingerprint density at radius 3 is 2.77 bits per heavy atom. The van der Waals surface area contributed by atoms with E-state index in [0.29, 0.717) is 24.2 Å². The highest BCUT2D eigenvalue weighted by atomic mass is 32.2. The van der Waals surface area contributed by atoms with Crippen molar-refractivity contribution in [2.75, 3.05) is 6.54 Å². The Morgan fingerprint density at radius 2 is 2.04 bits per heavy atom. The number of thiophene rings is 1. The third kappa shape index (κ3) is 2.94. The van der Waals surface area contributed by atoms with Gasteiger partial charge in [-0.05, 0) is 36.4 Å². The van der Waals surface area contributed by atoms with Crippen LogP contribution in [0, 0.1) is 0 Å². The molecule has 0 radical (unpaired) electrons. The Kier molecular flexibility index (Phi) is 4.55. The maximum absolute atomic E-state index is 12.8. The van der Waals surface area contributed by atoms with E-state index in [1.54, 1.807) is 17.5 Å². The highest BCUT2D eigenvalue weighted by molar-refractivity contribution is 7.91. The molecule has 136 valence electrons. The SMILES string of the molecule is Cn1c(=NC(=O)C2CCCN2S(=O)(=O)c2cccs2)sc2ccccc21. The largest absolute Gasteiger partial charge is 0.319 e. The molecule has 0 saturated carbocycles. The van der Waals surface area contributed by atoms with Crippen molar-refractivity contribution in [2.45, 2.75) is 23.1 Å². The normalized spacial score (nSPS) is 19.4. The molecule has 4 rings (SSSR count). The molecule has 0 spiro atoms. The molecule has 1 amide bonds. The maximum atomic E-state index is 12.8. The van der Waals surface area contributed by atoms with E-state index in [1.165, 1.54) is 27.0 Å². The summed E-state index contributed by atoms with van der Waals surface area (Å²) in [5, 5.41) is 1.72. The van der Waals surface area contributed by atoms with Gasteiger partial charge in [0.15, 0.2) is 4.80 Å². The van der Waals surface area contributed by atoms with Crippen molar-refractivity contribution in [1.82, 2.24) is 8.87 Å². The smallest absolute Gasteiger partial charge is 0.266 e. The minimum Gasteiger partial charge on any atom is -0.319 e. The molecule has 1 aliphatic heterocycles. The highest BCUT2D eigenvalue weighted by Crippen LogP contribution is 2.29. The van der Waals surface area contributed by atoms with Gasteiger partial charge in [0, 0.05) is 13.6 Å². The minimum absolute atomic E-state index is 0.268. The zero-order chi connectivity index (χ0) is 18.3. The number of para-hydroxylation sites is 1. The quantitative estimate of drug-likeness (QED) is 0.670. The third-order valence-corrected chi connectivity index (χ3v) is 8.86. The van der Waals surface area contributed by atoms with Crippen molar-refractivity contribution >= 4 is 48.8 Å². The molecule has 1 atom stereocenters. The van der Waals surface area contributed by atoms with E-state index in [-0.39, 0.29) is 4.21 Å². The molecule has 3 heterocycles. The van der Waals surface area contributed by atoms with Crippen molar-refractivity contribution in [2.24, 2.45) is 12.0 Å². The van der Waals surface area contributed by atoms with Gasteiger partial charge in [-0.3, -0.25) is 4.79 Å². The van der Waals surface area contributed by atoms with Crippen LogP contribution in [0.3, 0.4) is 0 Å². The van der Waals surface area contributed by atoms with Crippen LogP contribution >= 0.6 is 22.7 Å². The summed E-state index contributed by atoms with van der Waals surface area (Å²) in [6.45, 7) is 0.352. The summed E-state index contributed by atoms with van der Waals surface area (Å²) in [6, 6.07) is 10.4. The summed E-state index contributed by atoms with van der Waals surface area (Å²) in [4.78, 5) is 17.6. The van der Waals surface area contributed by atoms with Crippen molar-refractivity contribution in [3.63, 3.8) is 0 Å². The number of aromatic nitrogens is 1. The molecule has 0 aliphatic carbocycles. The maximum Gasteiger partial charge on any atom is 0.266 e. The number of aryl methyl sites for hydroxylation is 1. The second-order valence-corrected chi connectivity index (χ2v) is 10.1. The van der Waals surface area contributed by atoms with Crippen LogP contribution in [-0.2, 0) is 21.9 Å². The summed E-state index contributed by atoms with van der Waals surface area (Å²) in [6.07, 6.45) is 1.16. The van der Waals surface area contributed by atoms with E-state index in [0.717, 1.165) is 10.2 Å². The van der Waals surface area contributed by atoms with E-state index >= 15 is 0 Å². The minimum atomic E-state index is -3.65. The summed E-state index contributed by atoms with van der Waals surface area (Å²) < 4.78 is 30.1. The molecule has 9 heteroatoms. The second-order valence-electron chi connectivity index (χ2n) is 6.07. The molecular formula is C17H17N3O3S3. The molecule has 26 heavy (non-hydrogen) atoms. The van der Waals surface area contributed by atoms with Gasteiger partial charge in [-0.15, -0.1) is 11.3 Å². The van der Waals surface area contributed by atoms with E-state index in [1.807, 2.05) is 35.9 Å². The van der Waals surface area contributed by atoms with Crippen molar-refractivity contribution in [1.29, 1.82) is 0 Å². The highest BCUT2D eigenvalue weighted by Gasteiger charge is 2.39.